The van der Waals surface area contributed by atoms with E-state index in [-0.39, 0.29) is 23.8 Å². The molecule has 0 fully saturated rings. The van der Waals surface area contributed by atoms with E-state index in [2.05, 4.69) is 13.2 Å². The minimum Gasteiger partial charge on any atom is -0.320 e. The average Bonchev–Trinajstić information content (AvgIpc) is 2.25. The van der Waals surface area contributed by atoms with E-state index in [9.17, 15) is 9.59 Å². The van der Waals surface area contributed by atoms with Crippen LogP contribution in [0, 0.1) is 5.92 Å². The van der Waals surface area contributed by atoms with Crippen molar-refractivity contribution < 1.29 is 9.59 Å². The van der Waals surface area contributed by atoms with E-state index in [1.54, 1.807) is 9.80 Å². The van der Waals surface area contributed by atoms with Gasteiger partial charge in [0.15, 0.2) is 0 Å². The zero-order chi connectivity index (χ0) is 13.6. The van der Waals surface area contributed by atoms with Crippen molar-refractivity contribution in [2.45, 2.75) is 33.7 Å². The highest BCUT2D eigenvalue weighted by atomic mass is 16.2. The summed E-state index contributed by atoms with van der Waals surface area (Å²) in [5, 5.41) is 0. The fourth-order valence-electron chi connectivity index (χ4n) is 1.65. The molecule has 2 unspecified atom stereocenters. The Morgan fingerprint density at radius 1 is 1.12 bits per heavy atom. The summed E-state index contributed by atoms with van der Waals surface area (Å²) in [5.74, 6) is 0.0400. The molecule has 96 valence electrons. The van der Waals surface area contributed by atoms with Crippen LogP contribution >= 0.6 is 0 Å². The summed E-state index contributed by atoms with van der Waals surface area (Å²) in [5.41, 5.74) is 0. The van der Waals surface area contributed by atoms with Gasteiger partial charge in [0.25, 0.3) is 0 Å². The summed E-state index contributed by atoms with van der Waals surface area (Å²) < 4.78 is 0. The fourth-order valence-corrected chi connectivity index (χ4v) is 1.65. The molecule has 0 saturated heterocycles. The van der Waals surface area contributed by atoms with Crippen LogP contribution in [0.1, 0.15) is 27.7 Å². The van der Waals surface area contributed by atoms with Crippen LogP contribution in [-0.4, -0.2) is 34.2 Å². The first-order valence-electron chi connectivity index (χ1n) is 5.66. The first-order chi connectivity index (χ1) is 7.84. The number of nitrogens with zero attached hydrogens (tertiary/aromatic N) is 2. The summed E-state index contributed by atoms with van der Waals surface area (Å²) >= 11 is 0. The summed E-state index contributed by atoms with van der Waals surface area (Å²) in [4.78, 5) is 25.7. The third kappa shape index (κ3) is 4.43. The Morgan fingerprint density at radius 3 is 1.94 bits per heavy atom. The van der Waals surface area contributed by atoms with Crippen LogP contribution in [0.5, 0.6) is 0 Å². The minimum atomic E-state index is -0.0490. The number of amides is 2. The number of carbonyl (C=O) groups excluding carboxylic acids is 2. The van der Waals surface area contributed by atoms with Crippen molar-refractivity contribution in [2.75, 3.05) is 6.54 Å². The van der Waals surface area contributed by atoms with E-state index < -0.39 is 0 Å². The lowest BCUT2D eigenvalue weighted by atomic mass is 10.0. The minimum absolute atomic E-state index is 0.00759. The molecule has 0 aliphatic heterocycles. The molecule has 0 N–H and O–H groups in total. The molecular formula is C13H22N2O2. The van der Waals surface area contributed by atoms with E-state index in [4.69, 9.17) is 0 Å². The lowest BCUT2D eigenvalue weighted by Gasteiger charge is -2.31. The standard InChI is InChI=1S/C13H22N2O2/c1-7-14(12(5)16)9-10(3)11(4)15(8-2)13(6)17/h7-8,10-11H,1-2,9H2,3-6H3. The lowest BCUT2D eigenvalue weighted by molar-refractivity contribution is -0.129. The second-order valence-corrected chi connectivity index (χ2v) is 4.18. The molecule has 0 aromatic carbocycles. The lowest BCUT2D eigenvalue weighted by Crippen LogP contribution is -2.41. The van der Waals surface area contributed by atoms with Gasteiger partial charge in [0, 0.05) is 26.4 Å². The highest BCUT2D eigenvalue weighted by Gasteiger charge is 2.22. The third-order valence-electron chi connectivity index (χ3n) is 2.93. The highest BCUT2D eigenvalue weighted by molar-refractivity contribution is 5.75. The topological polar surface area (TPSA) is 40.6 Å². The third-order valence-corrected chi connectivity index (χ3v) is 2.93. The average molecular weight is 238 g/mol. The highest BCUT2D eigenvalue weighted by Crippen LogP contribution is 2.13. The first kappa shape index (κ1) is 15.4. The Hall–Kier alpha value is -1.58. The Morgan fingerprint density at radius 2 is 1.65 bits per heavy atom. The van der Waals surface area contributed by atoms with E-state index in [0.29, 0.717) is 6.54 Å². The van der Waals surface area contributed by atoms with Gasteiger partial charge >= 0.3 is 0 Å². The van der Waals surface area contributed by atoms with Crippen molar-refractivity contribution in [1.29, 1.82) is 0 Å². The molecule has 0 radical (unpaired) electrons. The van der Waals surface area contributed by atoms with E-state index in [1.165, 1.54) is 26.2 Å². The van der Waals surface area contributed by atoms with Gasteiger partial charge in [0.2, 0.25) is 11.8 Å². The van der Waals surface area contributed by atoms with E-state index in [1.807, 2.05) is 13.8 Å². The van der Waals surface area contributed by atoms with Crippen LogP contribution in [0.25, 0.3) is 0 Å². The van der Waals surface area contributed by atoms with E-state index >= 15 is 0 Å². The summed E-state index contributed by atoms with van der Waals surface area (Å²) in [6, 6.07) is -0.00759. The Kier molecular flexibility index (Phi) is 6.25. The van der Waals surface area contributed by atoms with Gasteiger partial charge < -0.3 is 9.80 Å². The van der Waals surface area contributed by atoms with Gasteiger partial charge in [0.05, 0.1) is 0 Å². The molecule has 2 atom stereocenters. The number of hydrogen-bond acceptors (Lipinski definition) is 2. The van der Waals surface area contributed by atoms with Gasteiger partial charge in [-0.1, -0.05) is 20.1 Å². The van der Waals surface area contributed by atoms with Crippen LogP contribution in [0.15, 0.2) is 25.6 Å². The maximum Gasteiger partial charge on any atom is 0.223 e. The van der Waals surface area contributed by atoms with Gasteiger partial charge in [-0.2, -0.15) is 0 Å². The van der Waals surface area contributed by atoms with Crippen molar-refractivity contribution in [3.05, 3.63) is 25.6 Å². The molecule has 0 aliphatic carbocycles. The zero-order valence-electron chi connectivity index (χ0n) is 11.1. The van der Waals surface area contributed by atoms with Crippen molar-refractivity contribution >= 4 is 11.8 Å². The molecule has 0 aromatic heterocycles. The zero-order valence-corrected chi connectivity index (χ0v) is 11.1. The SMILES string of the molecule is C=CN(CC(C)C(C)N(C=C)C(C)=O)C(C)=O. The summed E-state index contributed by atoms with van der Waals surface area (Å²) in [6.45, 7) is 14.7. The molecule has 4 nitrogen and oxygen atoms in total. The second-order valence-electron chi connectivity index (χ2n) is 4.18. The maximum absolute atomic E-state index is 11.4. The van der Waals surface area contributed by atoms with Gasteiger partial charge in [-0.15, -0.1) is 0 Å². The Bertz CT molecular complexity index is 313. The molecule has 0 rings (SSSR count). The maximum atomic E-state index is 11.4. The van der Waals surface area contributed by atoms with Crippen LogP contribution in [0.3, 0.4) is 0 Å². The van der Waals surface area contributed by atoms with Gasteiger partial charge in [-0.25, -0.2) is 0 Å². The normalized spacial score (nSPS) is 13.4. The molecular weight excluding hydrogens is 216 g/mol. The monoisotopic (exact) mass is 238 g/mol. The van der Waals surface area contributed by atoms with Crippen molar-refractivity contribution in [3.8, 4) is 0 Å². The fraction of sp³-hybridized carbons (Fsp3) is 0.538. The van der Waals surface area contributed by atoms with Crippen molar-refractivity contribution in [1.82, 2.24) is 9.80 Å². The first-order valence-corrected chi connectivity index (χ1v) is 5.66. The number of rotatable bonds is 6. The van der Waals surface area contributed by atoms with Crippen LogP contribution in [0.4, 0.5) is 0 Å². The molecule has 17 heavy (non-hydrogen) atoms. The van der Waals surface area contributed by atoms with Crippen LogP contribution in [-0.2, 0) is 9.59 Å². The quantitative estimate of drug-likeness (QED) is 0.710. The molecule has 4 heteroatoms. The largest absolute Gasteiger partial charge is 0.320 e. The molecule has 2 amide bonds. The number of hydrogen-bond donors (Lipinski definition) is 0. The molecule has 0 spiro atoms. The van der Waals surface area contributed by atoms with Crippen LogP contribution < -0.4 is 0 Å². The molecule has 0 aliphatic rings. The molecule has 0 aromatic rings. The van der Waals surface area contributed by atoms with Gasteiger partial charge in [0.1, 0.15) is 0 Å². The second kappa shape index (κ2) is 6.89. The summed E-state index contributed by atoms with van der Waals surface area (Å²) in [7, 11) is 0. The Labute approximate surface area is 104 Å². The van der Waals surface area contributed by atoms with Crippen molar-refractivity contribution in [2.24, 2.45) is 5.92 Å². The number of carbonyl (C=O) groups is 2. The molecule has 0 saturated carbocycles. The molecule has 0 bridgehead atoms. The van der Waals surface area contributed by atoms with Gasteiger partial charge in [-0.3, -0.25) is 9.59 Å². The van der Waals surface area contributed by atoms with Gasteiger partial charge in [-0.05, 0) is 25.2 Å². The smallest absolute Gasteiger partial charge is 0.223 e. The van der Waals surface area contributed by atoms with E-state index in [0.717, 1.165) is 0 Å². The Balaban J connectivity index is 4.63. The van der Waals surface area contributed by atoms with Crippen molar-refractivity contribution in [3.63, 3.8) is 0 Å². The molecule has 0 heterocycles. The van der Waals surface area contributed by atoms with Crippen LogP contribution in [0.2, 0.25) is 0 Å². The summed E-state index contributed by atoms with van der Waals surface area (Å²) in [6.07, 6.45) is 3.03. The predicted octanol–water partition coefficient (Wildman–Crippen LogP) is 2.00. The predicted molar refractivity (Wildman–Crippen MR) is 68.9 cm³/mol.